The van der Waals surface area contributed by atoms with Crippen LogP contribution in [0.2, 0.25) is 0 Å². The highest BCUT2D eigenvalue weighted by Crippen LogP contribution is 2.47. The summed E-state index contributed by atoms with van der Waals surface area (Å²) in [6.45, 7) is 4.38. The van der Waals surface area contributed by atoms with Gasteiger partial charge < -0.3 is 20.0 Å². The fourth-order valence-electron chi connectivity index (χ4n) is 7.04. The van der Waals surface area contributed by atoms with Gasteiger partial charge in [-0.25, -0.2) is 0 Å². The molecule has 262 valence electrons. The summed E-state index contributed by atoms with van der Waals surface area (Å²) < 4.78 is 0. The molecular weight excluding hydrogens is 657 g/mol. The summed E-state index contributed by atoms with van der Waals surface area (Å²) in [5.74, 6) is 0. The predicted molar refractivity (Wildman–Crippen MR) is 230 cm³/mol. The van der Waals surface area contributed by atoms with Crippen molar-refractivity contribution in [3.8, 4) is 0 Å². The normalized spacial score (nSPS) is 10.8. The lowest BCUT2D eigenvalue weighted by molar-refractivity contribution is 1.20. The summed E-state index contributed by atoms with van der Waals surface area (Å²) in [5, 5.41) is 3.62. The van der Waals surface area contributed by atoms with Gasteiger partial charge in [-0.2, -0.15) is 0 Å². The van der Waals surface area contributed by atoms with E-state index in [1.807, 2.05) is 6.07 Å². The first kappa shape index (κ1) is 34.1. The van der Waals surface area contributed by atoms with Crippen LogP contribution in [-0.4, -0.2) is 0 Å². The van der Waals surface area contributed by atoms with Crippen molar-refractivity contribution >= 4 is 62.6 Å². The maximum absolute atomic E-state index is 3.62. The van der Waals surface area contributed by atoms with E-state index in [-0.39, 0.29) is 0 Å². The van der Waals surface area contributed by atoms with Crippen LogP contribution in [0.15, 0.2) is 212 Å². The van der Waals surface area contributed by atoms with Gasteiger partial charge in [0.25, 0.3) is 0 Å². The summed E-state index contributed by atoms with van der Waals surface area (Å²) in [5.41, 5.74) is 14.0. The Morgan fingerprint density at radius 1 is 0.278 bits per heavy atom. The molecule has 0 saturated carbocycles. The molecule has 0 aliphatic heterocycles. The van der Waals surface area contributed by atoms with E-state index in [4.69, 9.17) is 0 Å². The van der Waals surface area contributed by atoms with Crippen LogP contribution in [0.25, 0.3) is 0 Å². The van der Waals surface area contributed by atoms with Crippen molar-refractivity contribution in [2.45, 2.75) is 13.8 Å². The average Bonchev–Trinajstić information content (AvgIpc) is 3.21. The third-order valence-corrected chi connectivity index (χ3v) is 9.58. The zero-order valence-corrected chi connectivity index (χ0v) is 30.5. The molecule has 0 amide bonds. The van der Waals surface area contributed by atoms with Crippen LogP contribution in [0, 0.1) is 13.8 Å². The van der Waals surface area contributed by atoms with Crippen LogP contribution >= 0.6 is 0 Å². The first-order chi connectivity index (χ1) is 26.6. The molecule has 8 aromatic carbocycles. The van der Waals surface area contributed by atoms with E-state index >= 15 is 0 Å². The first-order valence-corrected chi connectivity index (χ1v) is 18.4. The lowest BCUT2D eigenvalue weighted by Crippen LogP contribution is -2.17. The van der Waals surface area contributed by atoms with Crippen molar-refractivity contribution in [3.05, 3.63) is 223 Å². The van der Waals surface area contributed by atoms with Crippen LogP contribution in [0.4, 0.5) is 62.6 Å². The molecule has 8 aromatic rings. The highest BCUT2D eigenvalue weighted by atomic mass is 15.2. The number of hydrogen-bond donors (Lipinski definition) is 1. The minimum absolute atomic E-state index is 1.01. The van der Waals surface area contributed by atoms with E-state index in [2.05, 4.69) is 240 Å². The summed E-state index contributed by atoms with van der Waals surface area (Å²) in [7, 11) is 0. The average molecular weight is 699 g/mol. The van der Waals surface area contributed by atoms with E-state index in [1.165, 1.54) is 11.1 Å². The fraction of sp³-hybridized carbons (Fsp3) is 0.0400. The molecule has 0 aromatic heterocycles. The van der Waals surface area contributed by atoms with Gasteiger partial charge in [-0.1, -0.05) is 115 Å². The molecule has 0 unspecified atom stereocenters. The van der Waals surface area contributed by atoms with E-state index in [0.29, 0.717) is 0 Å². The molecule has 0 saturated heterocycles. The van der Waals surface area contributed by atoms with E-state index in [0.717, 1.165) is 62.6 Å². The summed E-state index contributed by atoms with van der Waals surface area (Å²) in [6, 6.07) is 75.0. The fourth-order valence-corrected chi connectivity index (χ4v) is 7.04. The molecule has 0 atom stereocenters. The Morgan fingerprint density at radius 3 is 1.09 bits per heavy atom. The number of nitrogens with one attached hydrogen (secondary N) is 1. The molecule has 0 heterocycles. The highest BCUT2D eigenvalue weighted by molar-refractivity contribution is 5.90. The number of anilines is 11. The molecule has 54 heavy (non-hydrogen) atoms. The lowest BCUT2D eigenvalue weighted by Gasteiger charge is -2.34. The molecule has 8 rings (SSSR count). The summed E-state index contributed by atoms with van der Waals surface area (Å²) >= 11 is 0. The van der Waals surface area contributed by atoms with Gasteiger partial charge in [0.05, 0.1) is 17.1 Å². The summed E-state index contributed by atoms with van der Waals surface area (Å²) in [6.07, 6.45) is 0. The molecule has 0 bridgehead atoms. The Bertz CT molecular complexity index is 2360. The van der Waals surface area contributed by atoms with Gasteiger partial charge in [0, 0.05) is 45.5 Å². The second-order valence-electron chi connectivity index (χ2n) is 13.3. The van der Waals surface area contributed by atoms with Crippen molar-refractivity contribution in [3.63, 3.8) is 0 Å². The van der Waals surface area contributed by atoms with Gasteiger partial charge in [0.15, 0.2) is 0 Å². The minimum Gasteiger partial charge on any atom is -0.355 e. The lowest BCUT2D eigenvalue weighted by atomic mass is 10.1. The van der Waals surface area contributed by atoms with Crippen LogP contribution in [0.5, 0.6) is 0 Å². The SMILES string of the molecule is Cc1ccccc1N(c1cc(N(c2ccccc2)c2ccccc2)cc(N(c2ccccc2)c2cccc(Nc3ccccc3)c2)c1)c1ccccc1C. The Labute approximate surface area is 318 Å². The molecule has 0 aliphatic carbocycles. The van der Waals surface area contributed by atoms with Crippen LogP contribution in [0.1, 0.15) is 11.1 Å². The Balaban J connectivity index is 1.40. The second-order valence-corrected chi connectivity index (χ2v) is 13.3. The monoisotopic (exact) mass is 698 g/mol. The second kappa shape index (κ2) is 15.7. The number of benzene rings is 8. The minimum atomic E-state index is 1.01. The van der Waals surface area contributed by atoms with Crippen molar-refractivity contribution in [2.24, 2.45) is 0 Å². The Hall–Kier alpha value is -7.04. The Morgan fingerprint density at radius 2 is 0.630 bits per heavy atom. The predicted octanol–water partition coefficient (Wildman–Crippen LogP) is 14.5. The van der Waals surface area contributed by atoms with Gasteiger partial charge in [0.2, 0.25) is 0 Å². The van der Waals surface area contributed by atoms with Gasteiger partial charge >= 0.3 is 0 Å². The molecule has 0 spiro atoms. The number of rotatable bonds is 11. The van der Waals surface area contributed by atoms with Crippen molar-refractivity contribution in [1.82, 2.24) is 0 Å². The van der Waals surface area contributed by atoms with Crippen LogP contribution < -0.4 is 20.0 Å². The van der Waals surface area contributed by atoms with Gasteiger partial charge in [-0.3, -0.25) is 0 Å². The first-order valence-electron chi connectivity index (χ1n) is 18.4. The number of para-hydroxylation sites is 6. The zero-order chi connectivity index (χ0) is 36.7. The van der Waals surface area contributed by atoms with Crippen LogP contribution in [0.3, 0.4) is 0 Å². The molecule has 1 N–H and O–H groups in total. The quantitative estimate of drug-likeness (QED) is 0.145. The smallest absolute Gasteiger partial charge is 0.0503 e. The zero-order valence-electron chi connectivity index (χ0n) is 30.5. The number of aryl methyl sites for hydroxylation is 2. The highest BCUT2D eigenvalue weighted by Gasteiger charge is 2.23. The van der Waals surface area contributed by atoms with E-state index in [9.17, 15) is 0 Å². The molecule has 0 fully saturated rings. The number of nitrogens with zero attached hydrogens (tertiary/aromatic N) is 3. The van der Waals surface area contributed by atoms with Crippen molar-refractivity contribution < 1.29 is 0 Å². The van der Waals surface area contributed by atoms with Gasteiger partial charge in [-0.05, 0) is 122 Å². The van der Waals surface area contributed by atoms with E-state index in [1.54, 1.807) is 0 Å². The van der Waals surface area contributed by atoms with Crippen molar-refractivity contribution in [2.75, 3.05) is 20.0 Å². The van der Waals surface area contributed by atoms with Crippen molar-refractivity contribution in [1.29, 1.82) is 0 Å². The van der Waals surface area contributed by atoms with E-state index < -0.39 is 0 Å². The summed E-state index contributed by atoms with van der Waals surface area (Å²) in [4.78, 5) is 7.10. The third-order valence-electron chi connectivity index (χ3n) is 9.58. The van der Waals surface area contributed by atoms with Gasteiger partial charge in [-0.15, -0.1) is 0 Å². The van der Waals surface area contributed by atoms with Crippen LogP contribution in [-0.2, 0) is 0 Å². The number of hydrogen-bond acceptors (Lipinski definition) is 4. The molecule has 0 radical (unpaired) electrons. The van der Waals surface area contributed by atoms with Gasteiger partial charge in [0.1, 0.15) is 0 Å². The Kier molecular flexibility index (Phi) is 9.90. The standard InChI is InChI=1S/C50H42N4/c1-38-20-15-17-32-49(38)54(50-33-18-16-21-39(50)2)48-36-46(52(42-25-9-4-10-26-42)43-27-11-5-12-28-43)35-47(37-48)53(44-29-13-6-14-30-44)45-31-19-24-41(34-45)51-40-22-7-3-8-23-40/h3-37,51H,1-2H3. The largest absolute Gasteiger partial charge is 0.355 e. The maximum Gasteiger partial charge on any atom is 0.0503 e. The molecule has 4 nitrogen and oxygen atoms in total. The molecular formula is C50H42N4. The third kappa shape index (κ3) is 7.32. The molecule has 4 heteroatoms. The maximum atomic E-state index is 3.62. The molecule has 0 aliphatic rings. The topological polar surface area (TPSA) is 21.8 Å².